The average Bonchev–Trinajstić information content (AvgIpc) is 3.17. The standard InChI is InChI=1S/C20H20Cl3N3O/c21-17-3-5-20(27-13-15-2-4-18(22)19(23)10-15)16(11-17)12-24-6-1-8-26-9-7-25-14-26/h2-5,7,9-11,14,24H,1,6,8,12-13H2. The Balaban J connectivity index is 1.53. The van der Waals surface area contributed by atoms with E-state index in [2.05, 4.69) is 14.9 Å². The summed E-state index contributed by atoms with van der Waals surface area (Å²) < 4.78 is 8.04. The third-order valence-corrected chi connectivity index (χ3v) is 5.02. The SMILES string of the molecule is Clc1ccc(OCc2ccc(Cl)c(Cl)c2)c(CNCCCn2ccnc2)c1. The van der Waals surface area contributed by atoms with Crippen molar-refractivity contribution in [2.75, 3.05) is 6.54 Å². The van der Waals surface area contributed by atoms with Crippen LogP contribution >= 0.6 is 34.8 Å². The van der Waals surface area contributed by atoms with E-state index in [1.54, 1.807) is 12.3 Å². The average molecular weight is 425 g/mol. The molecular formula is C20H20Cl3N3O. The highest BCUT2D eigenvalue weighted by atomic mass is 35.5. The number of ether oxygens (including phenoxy) is 1. The largest absolute Gasteiger partial charge is 0.489 e. The summed E-state index contributed by atoms with van der Waals surface area (Å²) in [4.78, 5) is 4.04. The van der Waals surface area contributed by atoms with E-state index < -0.39 is 0 Å². The molecular weight excluding hydrogens is 405 g/mol. The molecule has 0 spiro atoms. The van der Waals surface area contributed by atoms with Gasteiger partial charge in [0.25, 0.3) is 0 Å². The lowest BCUT2D eigenvalue weighted by Gasteiger charge is -2.13. The van der Waals surface area contributed by atoms with Crippen LogP contribution in [-0.2, 0) is 19.7 Å². The van der Waals surface area contributed by atoms with E-state index in [4.69, 9.17) is 39.5 Å². The van der Waals surface area contributed by atoms with Crippen LogP contribution in [0.1, 0.15) is 17.5 Å². The lowest BCUT2D eigenvalue weighted by Crippen LogP contribution is -2.17. The molecule has 0 aliphatic carbocycles. The van der Waals surface area contributed by atoms with Crippen LogP contribution in [0.15, 0.2) is 55.1 Å². The number of hydrogen-bond acceptors (Lipinski definition) is 3. The van der Waals surface area contributed by atoms with Crippen molar-refractivity contribution in [3.8, 4) is 5.75 Å². The molecule has 0 aliphatic rings. The van der Waals surface area contributed by atoms with E-state index in [1.165, 1.54) is 0 Å². The van der Waals surface area contributed by atoms with E-state index in [0.717, 1.165) is 36.4 Å². The van der Waals surface area contributed by atoms with Crippen LogP contribution in [0.4, 0.5) is 0 Å². The van der Waals surface area contributed by atoms with Gasteiger partial charge in [-0.25, -0.2) is 4.98 Å². The van der Waals surface area contributed by atoms with Crippen molar-refractivity contribution in [2.45, 2.75) is 26.1 Å². The summed E-state index contributed by atoms with van der Waals surface area (Å²) in [6.45, 7) is 2.91. The summed E-state index contributed by atoms with van der Waals surface area (Å²) in [6.07, 6.45) is 6.59. The van der Waals surface area contributed by atoms with Crippen LogP contribution in [0.2, 0.25) is 15.1 Å². The normalized spacial score (nSPS) is 10.9. The Kier molecular flexibility index (Phi) is 7.41. The lowest BCUT2D eigenvalue weighted by atomic mass is 10.2. The molecule has 0 unspecified atom stereocenters. The van der Waals surface area contributed by atoms with Crippen molar-refractivity contribution in [1.29, 1.82) is 0 Å². The zero-order chi connectivity index (χ0) is 19.1. The van der Waals surface area contributed by atoms with E-state index >= 15 is 0 Å². The van der Waals surface area contributed by atoms with Crippen LogP contribution in [0.25, 0.3) is 0 Å². The van der Waals surface area contributed by atoms with Gasteiger partial charge in [-0.1, -0.05) is 40.9 Å². The number of benzene rings is 2. The fraction of sp³-hybridized carbons (Fsp3) is 0.250. The second-order valence-corrected chi connectivity index (χ2v) is 7.37. The summed E-state index contributed by atoms with van der Waals surface area (Å²) in [5.41, 5.74) is 1.98. The molecule has 7 heteroatoms. The fourth-order valence-corrected chi connectivity index (χ4v) is 3.16. The molecule has 1 heterocycles. The number of nitrogens with zero attached hydrogens (tertiary/aromatic N) is 2. The topological polar surface area (TPSA) is 39.1 Å². The zero-order valence-electron chi connectivity index (χ0n) is 14.7. The monoisotopic (exact) mass is 423 g/mol. The first kappa shape index (κ1) is 20.0. The van der Waals surface area contributed by atoms with Crippen molar-refractivity contribution in [3.63, 3.8) is 0 Å². The van der Waals surface area contributed by atoms with Crippen molar-refractivity contribution in [3.05, 3.63) is 81.3 Å². The molecule has 3 rings (SSSR count). The minimum Gasteiger partial charge on any atom is -0.489 e. The summed E-state index contributed by atoms with van der Waals surface area (Å²) in [7, 11) is 0. The highest BCUT2D eigenvalue weighted by Gasteiger charge is 2.07. The summed E-state index contributed by atoms with van der Waals surface area (Å²) >= 11 is 18.2. The fourth-order valence-electron chi connectivity index (χ4n) is 2.65. The molecule has 0 radical (unpaired) electrons. The predicted molar refractivity (Wildman–Crippen MR) is 111 cm³/mol. The Morgan fingerprint density at radius 2 is 1.93 bits per heavy atom. The molecule has 27 heavy (non-hydrogen) atoms. The quantitative estimate of drug-likeness (QED) is 0.454. The second kappa shape index (κ2) is 10.00. The first-order valence-corrected chi connectivity index (χ1v) is 9.77. The van der Waals surface area contributed by atoms with Gasteiger partial charge in [0.2, 0.25) is 0 Å². The number of rotatable bonds is 9. The molecule has 0 amide bonds. The molecule has 142 valence electrons. The van der Waals surface area contributed by atoms with Gasteiger partial charge in [0.1, 0.15) is 12.4 Å². The van der Waals surface area contributed by atoms with Gasteiger partial charge in [-0.3, -0.25) is 0 Å². The van der Waals surface area contributed by atoms with Gasteiger partial charge < -0.3 is 14.6 Å². The van der Waals surface area contributed by atoms with Crippen LogP contribution in [0, 0.1) is 0 Å². The third-order valence-electron chi connectivity index (χ3n) is 4.05. The van der Waals surface area contributed by atoms with Crippen molar-refractivity contribution in [1.82, 2.24) is 14.9 Å². The molecule has 1 N–H and O–H groups in total. The smallest absolute Gasteiger partial charge is 0.124 e. The van der Waals surface area contributed by atoms with Crippen LogP contribution in [0.5, 0.6) is 5.75 Å². The lowest BCUT2D eigenvalue weighted by molar-refractivity contribution is 0.302. The van der Waals surface area contributed by atoms with E-state index in [-0.39, 0.29) is 0 Å². The van der Waals surface area contributed by atoms with Gasteiger partial charge >= 0.3 is 0 Å². The summed E-state index contributed by atoms with van der Waals surface area (Å²) in [5.74, 6) is 0.799. The molecule has 3 aromatic rings. The first-order valence-electron chi connectivity index (χ1n) is 8.63. The summed E-state index contributed by atoms with van der Waals surface area (Å²) in [5, 5.41) is 5.18. The molecule has 2 aromatic carbocycles. The van der Waals surface area contributed by atoms with Crippen molar-refractivity contribution in [2.24, 2.45) is 0 Å². The Bertz CT molecular complexity index is 869. The van der Waals surface area contributed by atoms with Crippen LogP contribution < -0.4 is 10.1 Å². The predicted octanol–water partition coefficient (Wildman–Crippen LogP) is 5.60. The molecule has 0 saturated carbocycles. The third kappa shape index (κ3) is 6.15. The Morgan fingerprint density at radius 3 is 2.70 bits per heavy atom. The van der Waals surface area contributed by atoms with Gasteiger partial charge in [-0.15, -0.1) is 0 Å². The maximum absolute atomic E-state index is 6.15. The first-order chi connectivity index (χ1) is 13.1. The van der Waals surface area contributed by atoms with Gasteiger partial charge in [0, 0.05) is 36.1 Å². The van der Waals surface area contributed by atoms with Gasteiger partial charge in [-0.2, -0.15) is 0 Å². The Hall–Kier alpha value is -1.72. The number of imidazole rings is 1. The maximum atomic E-state index is 6.15. The Morgan fingerprint density at radius 1 is 1.04 bits per heavy atom. The van der Waals surface area contributed by atoms with E-state index in [0.29, 0.717) is 28.2 Å². The minimum absolute atomic E-state index is 0.409. The van der Waals surface area contributed by atoms with Gasteiger partial charge in [0.05, 0.1) is 16.4 Å². The number of halogens is 3. The van der Waals surface area contributed by atoms with Crippen LogP contribution in [-0.4, -0.2) is 16.1 Å². The number of aromatic nitrogens is 2. The molecule has 0 bridgehead atoms. The molecule has 1 aromatic heterocycles. The van der Waals surface area contributed by atoms with E-state index in [1.807, 2.05) is 42.9 Å². The molecule has 0 fully saturated rings. The highest BCUT2D eigenvalue weighted by Crippen LogP contribution is 2.26. The van der Waals surface area contributed by atoms with Crippen molar-refractivity contribution < 1.29 is 4.74 Å². The number of nitrogens with one attached hydrogen (secondary N) is 1. The second-order valence-electron chi connectivity index (χ2n) is 6.12. The van der Waals surface area contributed by atoms with Crippen LogP contribution in [0.3, 0.4) is 0 Å². The van der Waals surface area contributed by atoms with Gasteiger partial charge in [0.15, 0.2) is 0 Å². The zero-order valence-corrected chi connectivity index (χ0v) is 16.9. The van der Waals surface area contributed by atoms with Gasteiger partial charge in [-0.05, 0) is 48.9 Å². The number of hydrogen-bond donors (Lipinski definition) is 1. The van der Waals surface area contributed by atoms with E-state index in [9.17, 15) is 0 Å². The Labute approximate surface area is 174 Å². The minimum atomic E-state index is 0.409. The number of aryl methyl sites for hydroxylation is 1. The molecule has 4 nitrogen and oxygen atoms in total. The molecule has 0 atom stereocenters. The molecule has 0 aliphatic heterocycles. The molecule has 0 saturated heterocycles. The summed E-state index contributed by atoms with van der Waals surface area (Å²) in [6, 6.07) is 11.1. The van der Waals surface area contributed by atoms with Crippen molar-refractivity contribution >= 4 is 34.8 Å². The highest BCUT2D eigenvalue weighted by molar-refractivity contribution is 6.42. The maximum Gasteiger partial charge on any atom is 0.124 e.